The molecule has 0 aliphatic rings. The molecule has 0 aliphatic heterocycles. The topological polar surface area (TPSA) is 141 Å². The van der Waals surface area contributed by atoms with Gasteiger partial charge in [-0.15, -0.1) is 0 Å². The second-order valence-corrected chi connectivity index (χ2v) is 6.46. The Morgan fingerprint density at radius 3 is 2.59 bits per heavy atom. The lowest BCUT2D eigenvalue weighted by Crippen LogP contribution is -2.22. The maximum Gasteiger partial charge on any atom is 0.216 e. The Kier molecular flexibility index (Phi) is 7.88. The number of rotatable bonds is 6. The van der Waals surface area contributed by atoms with E-state index in [2.05, 4.69) is 10.3 Å². The molecular weight excluding hydrogens is 374 g/mol. The molecule has 0 saturated heterocycles. The molecule has 0 bridgehead atoms. The molecule has 8 nitrogen and oxygen atoms in total. The first-order chi connectivity index (χ1) is 13.8. The third kappa shape index (κ3) is 6.13. The van der Waals surface area contributed by atoms with Crippen LogP contribution in [0.4, 0.5) is 0 Å². The average molecular weight is 401 g/mol. The first-order valence-electron chi connectivity index (χ1n) is 9.14. The number of nitrogens with two attached hydrogens (primary N) is 1. The maximum atomic E-state index is 10.8. The number of phenolic OH excluding ortho intramolecular Hbond substituents is 2. The van der Waals surface area contributed by atoms with Crippen molar-refractivity contribution in [1.29, 1.82) is 0 Å². The third-order valence-corrected chi connectivity index (χ3v) is 4.35. The molecule has 1 atom stereocenters. The molecule has 0 unspecified atom stereocenters. The standard InChI is InChI=1S/C13H16N2O2.C8H11NO3/c1-9(16)14-6-5-10-8-15-13-4-3-11(17-2)7-12(10)13;9-4-8(12)5-1-2-6(10)7(11)3-5/h3-4,7-8,15H,5-6H2,1-2H3,(H,14,16);1-3,8,10-12H,4,9H2/t;8-/m.0/s1. The van der Waals surface area contributed by atoms with Gasteiger partial charge in [0.25, 0.3) is 0 Å². The number of methoxy groups -OCH3 is 1. The molecule has 0 aliphatic carbocycles. The molecule has 156 valence electrons. The van der Waals surface area contributed by atoms with Crippen LogP contribution in [-0.4, -0.2) is 46.4 Å². The number of fused-ring (bicyclic) bond motifs is 1. The fourth-order valence-electron chi connectivity index (χ4n) is 2.75. The number of ether oxygens (including phenoxy) is 1. The summed E-state index contributed by atoms with van der Waals surface area (Å²) >= 11 is 0. The number of hydrogen-bond donors (Lipinski definition) is 6. The molecule has 7 N–H and O–H groups in total. The van der Waals surface area contributed by atoms with Gasteiger partial charge < -0.3 is 36.1 Å². The SMILES string of the molecule is COc1ccc2[nH]cc(CCNC(C)=O)c2c1.NC[C@H](O)c1ccc(O)c(O)c1. The molecule has 29 heavy (non-hydrogen) atoms. The third-order valence-electron chi connectivity index (χ3n) is 4.35. The van der Waals surface area contributed by atoms with E-state index >= 15 is 0 Å². The lowest BCUT2D eigenvalue weighted by molar-refractivity contribution is -0.118. The lowest BCUT2D eigenvalue weighted by atomic mass is 10.1. The van der Waals surface area contributed by atoms with E-state index in [0.717, 1.165) is 23.1 Å². The summed E-state index contributed by atoms with van der Waals surface area (Å²) in [4.78, 5) is 14.0. The molecule has 2 aromatic carbocycles. The van der Waals surface area contributed by atoms with Crippen LogP contribution in [0.1, 0.15) is 24.2 Å². The minimum absolute atomic E-state index is 0.00224. The zero-order chi connectivity index (χ0) is 21.4. The number of benzene rings is 2. The number of hydrogen-bond acceptors (Lipinski definition) is 6. The number of aromatic amines is 1. The van der Waals surface area contributed by atoms with Gasteiger partial charge in [0.2, 0.25) is 5.91 Å². The van der Waals surface area contributed by atoms with E-state index in [1.54, 1.807) is 7.11 Å². The van der Waals surface area contributed by atoms with Crippen LogP contribution in [-0.2, 0) is 11.2 Å². The van der Waals surface area contributed by atoms with Crippen molar-refractivity contribution in [3.63, 3.8) is 0 Å². The number of H-pyrrole nitrogens is 1. The molecule has 8 heteroatoms. The minimum atomic E-state index is -0.795. The van der Waals surface area contributed by atoms with Gasteiger partial charge in [-0.3, -0.25) is 4.79 Å². The Morgan fingerprint density at radius 2 is 1.97 bits per heavy atom. The van der Waals surface area contributed by atoms with Crippen molar-refractivity contribution in [2.24, 2.45) is 5.73 Å². The summed E-state index contributed by atoms with van der Waals surface area (Å²) in [5, 5.41) is 31.1. The highest BCUT2D eigenvalue weighted by molar-refractivity contribution is 5.84. The van der Waals surface area contributed by atoms with Crippen LogP contribution in [0.2, 0.25) is 0 Å². The predicted octanol–water partition coefficient (Wildman–Crippen LogP) is 1.95. The minimum Gasteiger partial charge on any atom is -0.504 e. The van der Waals surface area contributed by atoms with Crippen molar-refractivity contribution in [3.05, 3.63) is 53.7 Å². The highest BCUT2D eigenvalue weighted by atomic mass is 16.5. The summed E-state index contributed by atoms with van der Waals surface area (Å²) in [6, 6.07) is 10.0. The molecule has 0 saturated carbocycles. The molecule has 3 rings (SSSR count). The monoisotopic (exact) mass is 401 g/mol. The zero-order valence-corrected chi connectivity index (χ0v) is 16.5. The van der Waals surface area contributed by atoms with E-state index < -0.39 is 6.10 Å². The molecule has 0 fully saturated rings. The van der Waals surface area contributed by atoms with E-state index in [9.17, 15) is 9.90 Å². The summed E-state index contributed by atoms with van der Waals surface area (Å²) in [5.74, 6) is 0.392. The van der Waals surface area contributed by atoms with Crippen LogP contribution in [0.25, 0.3) is 10.9 Å². The summed E-state index contributed by atoms with van der Waals surface area (Å²) in [6.07, 6.45) is 2.00. The molecule has 1 aromatic heterocycles. The molecule has 0 radical (unpaired) electrons. The number of aliphatic hydroxyl groups excluding tert-OH is 1. The average Bonchev–Trinajstić information content (AvgIpc) is 3.11. The number of amides is 1. The molecule has 1 amide bonds. The van der Waals surface area contributed by atoms with Gasteiger partial charge in [0.05, 0.1) is 13.2 Å². The van der Waals surface area contributed by atoms with Crippen molar-refractivity contribution < 1.29 is 24.9 Å². The van der Waals surface area contributed by atoms with E-state index in [0.29, 0.717) is 12.1 Å². The Balaban J connectivity index is 0.000000221. The fourth-order valence-corrected chi connectivity index (χ4v) is 2.75. The van der Waals surface area contributed by atoms with Crippen LogP contribution in [0, 0.1) is 0 Å². The summed E-state index contributed by atoms with van der Waals surface area (Å²) < 4.78 is 5.21. The van der Waals surface area contributed by atoms with Gasteiger partial charge in [-0.25, -0.2) is 0 Å². The number of carbonyl (C=O) groups is 1. The smallest absolute Gasteiger partial charge is 0.216 e. The predicted molar refractivity (Wildman–Crippen MR) is 111 cm³/mol. The summed E-state index contributed by atoms with van der Waals surface area (Å²) in [7, 11) is 1.66. The Morgan fingerprint density at radius 1 is 1.21 bits per heavy atom. The van der Waals surface area contributed by atoms with Gasteiger partial charge in [-0.2, -0.15) is 0 Å². The molecular formula is C21H27N3O5. The number of aliphatic hydroxyl groups is 1. The maximum absolute atomic E-state index is 10.8. The van der Waals surface area contributed by atoms with Crippen LogP contribution in [0.5, 0.6) is 17.2 Å². The Bertz CT molecular complexity index is 955. The summed E-state index contributed by atoms with van der Waals surface area (Å²) in [5.41, 5.74) is 7.97. The second kappa shape index (κ2) is 10.4. The van der Waals surface area contributed by atoms with Crippen molar-refractivity contribution in [2.75, 3.05) is 20.2 Å². The Hall–Kier alpha value is -3.23. The lowest BCUT2D eigenvalue weighted by Gasteiger charge is -2.08. The first kappa shape index (κ1) is 22.1. The number of phenols is 2. The van der Waals surface area contributed by atoms with Crippen molar-refractivity contribution >= 4 is 16.8 Å². The van der Waals surface area contributed by atoms with E-state index in [1.165, 1.54) is 30.7 Å². The fraction of sp³-hybridized carbons (Fsp3) is 0.286. The van der Waals surface area contributed by atoms with E-state index in [-0.39, 0.29) is 24.0 Å². The van der Waals surface area contributed by atoms with Gasteiger partial charge >= 0.3 is 0 Å². The molecule has 1 heterocycles. The number of nitrogens with one attached hydrogen (secondary N) is 2. The largest absolute Gasteiger partial charge is 0.504 e. The Labute approximate surface area is 168 Å². The zero-order valence-electron chi connectivity index (χ0n) is 16.5. The van der Waals surface area contributed by atoms with Gasteiger partial charge in [-0.05, 0) is 47.9 Å². The number of carbonyl (C=O) groups excluding carboxylic acids is 1. The van der Waals surface area contributed by atoms with Crippen LogP contribution in [0.3, 0.4) is 0 Å². The summed E-state index contributed by atoms with van der Waals surface area (Å²) in [6.45, 7) is 2.27. The van der Waals surface area contributed by atoms with Crippen molar-refractivity contribution in [3.8, 4) is 17.2 Å². The normalized spacial score (nSPS) is 11.4. The van der Waals surface area contributed by atoms with Gasteiger partial charge in [-0.1, -0.05) is 6.07 Å². The van der Waals surface area contributed by atoms with Gasteiger partial charge in [0.1, 0.15) is 5.75 Å². The van der Waals surface area contributed by atoms with Crippen LogP contribution >= 0.6 is 0 Å². The quantitative estimate of drug-likeness (QED) is 0.349. The first-order valence-corrected chi connectivity index (χ1v) is 9.14. The van der Waals surface area contributed by atoms with Crippen LogP contribution in [0.15, 0.2) is 42.6 Å². The van der Waals surface area contributed by atoms with Gasteiger partial charge in [0, 0.05) is 37.1 Å². The number of aromatic hydroxyl groups is 2. The van der Waals surface area contributed by atoms with Crippen LogP contribution < -0.4 is 15.8 Å². The highest BCUT2D eigenvalue weighted by Gasteiger charge is 2.07. The van der Waals surface area contributed by atoms with Crippen molar-refractivity contribution in [1.82, 2.24) is 10.3 Å². The molecule has 3 aromatic rings. The van der Waals surface area contributed by atoms with Crippen molar-refractivity contribution in [2.45, 2.75) is 19.4 Å². The van der Waals surface area contributed by atoms with Gasteiger partial charge in [0.15, 0.2) is 11.5 Å². The highest BCUT2D eigenvalue weighted by Crippen LogP contribution is 2.27. The van der Waals surface area contributed by atoms with E-state index in [1.807, 2.05) is 24.4 Å². The second-order valence-electron chi connectivity index (χ2n) is 6.46. The van der Waals surface area contributed by atoms with E-state index in [4.69, 9.17) is 20.7 Å². The number of aromatic nitrogens is 1. The molecule has 0 spiro atoms.